The van der Waals surface area contributed by atoms with Gasteiger partial charge in [-0.15, -0.1) is 24.5 Å². The number of carbonyl (C=O) groups excluding carboxylic acids is 2. The van der Waals surface area contributed by atoms with Crippen molar-refractivity contribution < 1.29 is 32.2 Å². The van der Waals surface area contributed by atoms with Gasteiger partial charge in [0.25, 0.3) is 0 Å². The van der Waals surface area contributed by atoms with Crippen molar-refractivity contribution in [2.75, 3.05) is 18.0 Å². The third-order valence-corrected chi connectivity index (χ3v) is 6.73. The van der Waals surface area contributed by atoms with Crippen LogP contribution in [0.1, 0.15) is 24.5 Å². The van der Waals surface area contributed by atoms with E-state index in [0.717, 1.165) is 46.6 Å². The number of aromatic amines is 1. The van der Waals surface area contributed by atoms with Crippen molar-refractivity contribution >= 4 is 29.0 Å². The number of aromatic nitrogens is 2. The number of nitrogens with zero attached hydrogens (tertiary/aromatic N) is 2. The summed E-state index contributed by atoms with van der Waals surface area (Å²) in [5, 5.41) is 11.5. The van der Waals surface area contributed by atoms with E-state index >= 15 is 0 Å². The lowest BCUT2D eigenvalue weighted by molar-refractivity contribution is -0.273. The van der Waals surface area contributed by atoms with E-state index in [1.807, 2.05) is 18.2 Å². The summed E-state index contributed by atoms with van der Waals surface area (Å²) in [5.41, 5.74) is 5.59. The van der Waals surface area contributed by atoms with Crippen LogP contribution in [0, 0.1) is 0 Å². The third kappa shape index (κ3) is 4.83. The number of carbonyl (C=O) groups is 2. The van der Waals surface area contributed by atoms with Gasteiger partial charge in [0.05, 0.1) is 24.5 Å². The maximum atomic E-state index is 12.6. The van der Waals surface area contributed by atoms with Gasteiger partial charge < -0.3 is 14.8 Å². The maximum absolute atomic E-state index is 12.6. The van der Waals surface area contributed by atoms with Gasteiger partial charge in [0.15, 0.2) is 5.06 Å². The monoisotopic (exact) mass is 506 g/mol. The van der Waals surface area contributed by atoms with Crippen LogP contribution in [0.4, 0.5) is 23.7 Å². The number of rotatable bonds is 5. The van der Waals surface area contributed by atoms with Crippen LogP contribution in [0.15, 0.2) is 29.6 Å². The Kier molecular flexibility index (Phi) is 5.91. The number of alkyl halides is 3. The van der Waals surface area contributed by atoms with Gasteiger partial charge >= 0.3 is 12.5 Å². The summed E-state index contributed by atoms with van der Waals surface area (Å²) in [6, 6.07) is 7.04. The molecule has 0 spiro atoms. The SMILES string of the molecule is CC(=O)NC[C@H]1CN(c2ccc3c(c2)CCCc2c(-c4csc(OC(F)(F)F)c4)n[nH]c2-3)C(=O)O1. The Morgan fingerprint density at radius 3 is 2.94 bits per heavy atom. The number of ether oxygens (including phenoxy) is 2. The second kappa shape index (κ2) is 8.91. The molecular weight excluding hydrogens is 485 g/mol. The van der Waals surface area contributed by atoms with Crippen LogP contribution in [0.2, 0.25) is 0 Å². The molecule has 1 aliphatic heterocycles. The minimum Gasteiger partial charge on any atom is -0.442 e. The quantitative estimate of drug-likeness (QED) is 0.525. The van der Waals surface area contributed by atoms with Gasteiger partial charge in [-0.05, 0) is 37.0 Å². The lowest BCUT2D eigenvalue weighted by atomic mass is 10.00. The molecule has 35 heavy (non-hydrogen) atoms. The van der Waals surface area contributed by atoms with Gasteiger partial charge in [-0.2, -0.15) is 5.10 Å². The van der Waals surface area contributed by atoms with Gasteiger partial charge in [-0.25, -0.2) is 4.79 Å². The highest BCUT2D eigenvalue weighted by Gasteiger charge is 2.34. The Hall–Kier alpha value is -3.54. The molecule has 1 atom stereocenters. The summed E-state index contributed by atoms with van der Waals surface area (Å²) in [5.74, 6) is -0.189. The number of H-pyrrole nitrogens is 1. The van der Waals surface area contributed by atoms with Crippen molar-refractivity contribution in [3.63, 3.8) is 0 Å². The molecule has 0 radical (unpaired) electrons. The summed E-state index contributed by atoms with van der Waals surface area (Å²) in [6.45, 7) is 1.99. The van der Waals surface area contributed by atoms with Crippen molar-refractivity contribution in [3.05, 3.63) is 40.8 Å². The highest BCUT2D eigenvalue weighted by Crippen LogP contribution is 2.40. The summed E-state index contributed by atoms with van der Waals surface area (Å²) < 4.78 is 47.1. The van der Waals surface area contributed by atoms with Crippen molar-refractivity contribution in [1.82, 2.24) is 15.5 Å². The fourth-order valence-corrected chi connectivity index (χ4v) is 5.19. The average molecular weight is 507 g/mol. The van der Waals surface area contributed by atoms with E-state index in [0.29, 0.717) is 29.9 Å². The van der Waals surface area contributed by atoms with Crippen LogP contribution in [0.25, 0.3) is 22.5 Å². The molecule has 0 saturated carbocycles. The average Bonchev–Trinajstić information content (AvgIpc) is 3.47. The van der Waals surface area contributed by atoms with Crippen LogP contribution >= 0.6 is 11.3 Å². The summed E-state index contributed by atoms with van der Waals surface area (Å²) in [4.78, 5) is 25.1. The standard InChI is InChI=1S/C23H21F3N4O4S/c1-12(31)27-9-16-10-30(22(32)33-16)15-5-6-17-13(7-15)3-2-4-18-20(28-29-21(17)18)14-8-19(35-11-14)34-23(24,25)26/h5-8,11,16H,2-4,9-10H2,1H3,(H,27,31)(H,28,29)/t16-/m0/s1. The highest BCUT2D eigenvalue weighted by molar-refractivity contribution is 7.12. The lowest BCUT2D eigenvalue weighted by Crippen LogP contribution is -2.33. The van der Waals surface area contributed by atoms with Gasteiger partial charge in [0.1, 0.15) is 6.10 Å². The summed E-state index contributed by atoms with van der Waals surface area (Å²) in [7, 11) is 0. The molecule has 0 unspecified atom stereocenters. The molecule has 1 saturated heterocycles. The molecule has 2 aromatic heterocycles. The Morgan fingerprint density at radius 1 is 1.34 bits per heavy atom. The number of aryl methyl sites for hydroxylation is 1. The highest BCUT2D eigenvalue weighted by atomic mass is 32.1. The Labute approximate surface area is 202 Å². The molecule has 2 N–H and O–H groups in total. The van der Waals surface area contributed by atoms with E-state index in [2.05, 4.69) is 20.3 Å². The second-order valence-electron chi connectivity index (χ2n) is 8.38. The van der Waals surface area contributed by atoms with Gasteiger partial charge in [-0.3, -0.25) is 14.8 Å². The first-order chi connectivity index (χ1) is 16.7. The predicted octanol–water partition coefficient (Wildman–Crippen LogP) is 4.65. The van der Waals surface area contributed by atoms with Crippen LogP contribution in [-0.2, 0) is 22.4 Å². The van der Waals surface area contributed by atoms with Crippen LogP contribution in [-0.4, -0.2) is 47.8 Å². The summed E-state index contributed by atoms with van der Waals surface area (Å²) >= 11 is 0.869. The first-order valence-electron chi connectivity index (χ1n) is 11.0. The van der Waals surface area contributed by atoms with Crippen molar-refractivity contribution in [1.29, 1.82) is 0 Å². The van der Waals surface area contributed by atoms with Crippen LogP contribution in [0.3, 0.4) is 0 Å². The van der Waals surface area contributed by atoms with E-state index in [1.54, 1.807) is 10.3 Å². The summed E-state index contributed by atoms with van der Waals surface area (Å²) in [6.07, 6.45) is -3.37. The molecule has 3 heterocycles. The molecule has 1 aliphatic carbocycles. The van der Waals surface area contributed by atoms with E-state index in [4.69, 9.17) is 4.74 Å². The van der Waals surface area contributed by atoms with Gasteiger partial charge in [0.2, 0.25) is 5.91 Å². The van der Waals surface area contributed by atoms with E-state index < -0.39 is 18.6 Å². The number of cyclic esters (lactones) is 1. The number of halogens is 3. The number of fused-ring (bicyclic) bond motifs is 3. The molecule has 2 amide bonds. The number of amides is 2. The number of nitrogens with one attached hydrogen (secondary N) is 2. The molecule has 2 aliphatic rings. The smallest absolute Gasteiger partial charge is 0.442 e. The maximum Gasteiger partial charge on any atom is 0.573 e. The fraction of sp³-hybridized carbons (Fsp3) is 0.348. The van der Waals surface area contributed by atoms with Gasteiger partial charge in [0, 0.05) is 40.7 Å². The number of hydrogen-bond donors (Lipinski definition) is 2. The Balaban J connectivity index is 1.40. The van der Waals surface area contributed by atoms with E-state index in [9.17, 15) is 22.8 Å². The number of thiophene rings is 1. The zero-order chi connectivity index (χ0) is 24.7. The molecule has 1 fully saturated rings. The molecule has 184 valence electrons. The van der Waals surface area contributed by atoms with E-state index in [1.165, 1.54) is 13.0 Å². The zero-order valence-corrected chi connectivity index (χ0v) is 19.4. The van der Waals surface area contributed by atoms with Crippen molar-refractivity contribution in [3.8, 4) is 27.6 Å². The molecule has 0 bridgehead atoms. The van der Waals surface area contributed by atoms with Gasteiger partial charge in [-0.1, -0.05) is 6.07 Å². The molecule has 12 heteroatoms. The zero-order valence-electron chi connectivity index (χ0n) is 18.6. The predicted molar refractivity (Wildman–Crippen MR) is 122 cm³/mol. The molecule has 3 aromatic rings. The number of anilines is 1. The number of hydrogen-bond acceptors (Lipinski definition) is 6. The molecule has 5 rings (SSSR count). The minimum absolute atomic E-state index is 0.189. The minimum atomic E-state index is -4.74. The Bertz CT molecular complexity index is 1290. The molecule has 8 nitrogen and oxygen atoms in total. The molecular formula is C23H21F3N4O4S. The first-order valence-corrected chi connectivity index (χ1v) is 11.8. The van der Waals surface area contributed by atoms with Crippen LogP contribution < -0.4 is 15.0 Å². The van der Waals surface area contributed by atoms with E-state index in [-0.39, 0.29) is 17.5 Å². The van der Waals surface area contributed by atoms with Crippen LogP contribution in [0.5, 0.6) is 5.06 Å². The normalized spacial score (nSPS) is 17.4. The second-order valence-corrected chi connectivity index (χ2v) is 9.25. The van der Waals surface area contributed by atoms with Crippen molar-refractivity contribution in [2.24, 2.45) is 0 Å². The third-order valence-electron chi connectivity index (χ3n) is 5.93. The molecule has 1 aromatic carbocycles. The fourth-order valence-electron chi connectivity index (χ4n) is 4.43. The Morgan fingerprint density at radius 2 is 2.17 bits per heavy atom. The largest absolute Gasteiger partial charge is 0.573 e. The topological polar surface area (TPSA) is 96.5 Å². The van der Waals surface area contributed by atoms with Crippen molar-refractivity contribution in [2.45, 2.75) is 38.7 Å². The number of benzene rings is 1. The first kappa shape index (κ1) is 23.2. The lowest BCUT2D eigenvalue weighted by Gasteiger charge is -2.16.